The second-order valence-electron chi connectivity index (χ2n) is 1.66. The smallest absolute Gasteiger partial charge is 0.281 e. The molecule has 0 aromatic heterocycles. The molecule has 0 saturated carbocycles. The van der Waals surface area contributed by atoms with Crippen molar-refractivity contribution in [2.45, 2.75) is 0 Å². The second kappa shape index (κ2) is 4.68. The van der Waals surface area contributed by atoms with Crippen molar-refractivity contribution in [1.82, 2.24) is 0 Å². The van der Waals surface area contributed by atoms with Crippen LogP contribution in [0.25, 0.3) is 0 Å². The fourth-order valence-electron chi connectivity index (χ4n) is 0.281. The zero-order valence-corrected chi connectivity index (χ0v) is 5.98. The number of hydrogen-bond acceptors (Lipinski definition) is 5. The molecule has 64 valence electrons. The van der Waals surface area contributed by atoms with Gasteiger partial charge in [-0.1, -0.05) is 5.16 Å². The van der Waals surface area contributed by atoms with Gasteiger partial charge in [-0.05, 0) is 0 Å². The molecular weight excluding hydrogens is 164 g/mol. The van der Waals surface area contributed by atoms with Crippen molar-refractivity contribution in [3.63, 3.8) is 0 Å². The molecule has 0 saturated heterocycles. The number of nitriles is 1. The van der Waals surface area contributed by atoms with Gasteiger partial charge in [0.2, 0.25) is 5.71 Å². The first-order chi connectivity index (χ1) is 5.57. The van der Waals surface area contributed by atoms with Crippen molar-refractivity contribution in [2.24, 2.45) is 16.6 Å². The zero-order valence-electron chi connectivity index (χ0n) is 5.98. The standard InChI is InChI=1S/C5H6N4O3/c6-1-3(5(8)11)9-12-2-4(7)10/h2H2,(H2,7,10)(H2,8,11). The van der Waals surface area contributed by atoms with Gasteiger partial charge in [0.15, 0.2) is 6.61 Å². The van der Waals surface area contributed by atoms with Crippen molar-refractivity contribution in [1.29, 1.82) is 5.26 Å². The summed E-state index contributed by atoms with van der Waals surface area (Å²) in [5.41, 5.74) is 8.73. The molecule has 0 aliphatic heterocycles. The lowest BCUT2D eigenvalue weighted by atomic mass is 10.4. The highest BCUT2D eigenvalue weighted by atomic mass is 16.6. The third-order valence-corrected chi connectivity index (χ3v) is 0.702. The molecule has 0 aromatic carbocycles. The van der Waals surface area contributed by atoms with Crippen molar-refractivity contribution in [3.05, 3.63) is 0 Å². The van der Waals surface area contributed by atoms with Crippen LogP contribution in [0, 0.1) is 11.3 Å². The fraction of sp³-hybridized carbons (Fsp3) is 0.200. The molecule has 0 bridgehead atoms. The summed E-state index contributed by atoms with van der Waals surface area (Å²) in [5, 5.41) is 11.1. The second-order valence-corrected chi connectivity index (χ2v) is 1.66. The SMILES string of the molecule is N#CC(=NOCC(N)=O)C(N)=O. The van der Waals surface area contributed by atoms with E-state index in [1.165, 1.54) is 6.07 Å². The van der Waals surface area contributed by atoms with Crippen molar-refractivity contribution >= 4 is 17.5 Å². The maximum Gasteiger partial charge on any atom is 0.281 e. The van der Waals surface area contributed by atoms with Gasteiger partial charge in [-0.15, -0.1) is 0 Å². The predicted molar refractivity (Wildman–Crippen MR) is 37.4 cm³/mol. The molecule has 0 aromatic rings. The number of amides is 2. The topological polar surface area (TPSA) is 132 Å². The number of nitrogens with zero attached hydrogens (tertiary/aromatic N) is 2. The molecule has 0 unspecified atom stereocenters. The molecule has 7 heteroatoms. The van der Waals surface area contributed by atoms with Gasteiger partial charge in [0, 0.05) is 0 Å². The molecule has 0 aliphatic carbocycles. The maximum atomic E-state index is 10.3. The summed E-state index contributed by atoms with van der Waals surface area (Å²) in [6.07, 6.45) is 0. The van der Waals surface area contributed by atoms with Crippen LogP contribution in [0.1, 0.15) is 0 Å². The molecular formula is C5H6N4O3. The molecule has 0 rings (SSSR count). The fourth-order valence-corrected chi connectivity index (χ4v) is 0.281. The number of carbonyl (C=O) groups is 2. The Morgan fingerprint density at radius 3 is 2.42 bits per heavy atom. The summed E-state index contributed by atoms with van der Waals surface area (Å²) >= 11 is 0. The Balaban J connectivity index is 4.07. The first kappa shape index (κ1) is 9.90. The van der Waals surface area contributed by atoms with E-state index in [2.05, 4.69) is 21.5 Å². The Bertz CT molecular complexity index is 264. The lowest BCUT2D eigenvalue weighted by molar-refractivity contribution is -0.122. The molecule has 4 N–H and O–H groups in total. The van der Waals surface area contributed by atoms with Gasteiger partial charge in [-0.3, -0.25) is 9.59 Å². The normalized spacial score (nSPS) is 10.1. The van der Waals surface area contributed by atoms with Crippen LogP contribution in [-0.4, -0.2) is 24.1 Å². The van der Waals surface area contributed by atoms with E-state index in [-0.39, 0.29) is 0 Å². The number of oxime groups is 1. The summed E-state index contributed by atoms with van der Waals surface area (Å²) in [4.78, 5) is 24.5. The van der Waals surface area contributed by atoms with Gasteiger partial charge in [-0.25, -0.2) is 0 Å². The van der Waals surface area contributed by atoms with Gasteiger partial charge < -0.3 is 16.3 Å². The molecule has 12 heavy (non-hydrogen) atoms. The lowest BCUT2D eigenvalue weighted by Gasteiger charge is -1.93. The molecule has 0 spiro atoms. The molecule has 0 atom stereocenters. The average Bonchev–Trinajstić information content (AvgIpc) is 1.96. The Morgan fingerprint density at radius 2 is 2.08 bits per heavy atom. The number of carbonyl (C=O) groups excluding carboxylic acids is 2. The van der Waals surface area contributed by atoms with Crippen molar-refractivity contribution in [2.75, 3.05) is 6.61 Å². The number of nitrogens with two attached hydrogens (primary N) is 2. The Labute approximate surface area is 67.6 Å². The van der Waals surface area contributed by atoms with Crippen LogP contribution < -0.4 is 11.5 Å². The molecule has 0 fully saturated rings. The van der Waals surface area contributed by atoms with Gasteiger partial charge in [0.05, 0.1) is 0 Å². The van der Waals surface area contributed by atoms with Crippen LogP contribution in [0.3, 0.4) is 0 Å². The summed E-state index contributed by atoms with van der Waals surface area (Å²) in [6.45, 7) is -0.502. The predicted octanol–water partition coefficient (Wildman–Crippen LogP) is -2.15. The largest absolute Gasteiger partial charge is 0.384 e. The van der Waals surface area contributed by atoms with Crippen LogP contribution in [0.2, 0.25) is 0 Å². The quantitative estimate of drug-likeness (QED) is 0.367. The van der Waals surface area contributed by atoms with Gasteiger partial charge in [0.1, 0.15) is 6.07 Å². The van der Waals surface area contributed by atoms with Crippen LogP contribution in [0.15, 0.2) is 5.16 Å². The van der Waals surface area contributed by atoms with E-state index in [0.717, 1.165) is 0 Å². The van der Waals surface area contributed by atoms with Crippen molar-refractivity contribution < 1.29 is 14.4 Å². The minimum Gasteiger partial charge on any atom is -0.384 e. The zero-order chi connectivity index (χ0) is 9.56. The summed E-state index contributed by atoms with van der Waals surface area (Å²) in [7, 11) is 0. The van der Waals surface area contributed by atoms with Crippen LogP contribution in [-0.2, 0) is 14.4 Å². The van der Waals surface area contributed by atoms with E-state index in [1.807, 2.05) is 0 Å². The monoisotopic (exact) mass is 170 g/mol. The third kappa shape index (κ3) is 3.84. The first-order valence-corrected chi connectivity index (χ1v) is 2.76. The van der Waals surface area contributed by atoms with Crippen LogP contribution in [0.5, 0.6) is 0 Å². The van der Waals surface area contributed by atoms with Crippen molar-refractivity contribution in [3.8, 4) is 6.07 Å². The van der Waals surface area contributed by atoms with E-state index in [4.69, 9.17) is 5.26 Å². The highest BCUT2D eigenvalue weighted by molar-refractivity contribution is 6.44. The molecule has 0 aliphatic rings. The van der Waals surface area contributed by atoms with Gasteiger partial charge >= 0.3 is 0 Å². The van der Waals surface area contributed by atoms with Gasteiger partial charge in [-0.2, -0.15) is 5.26 Å². The Kier molecular flexibility index (Phi) is 3.86. The van der Waals surface area contributed by atoms with Crippen LogP contribution in [0.4, 0.5) is 0 Å². The van der Waals surface area contributed by atoms with Gasteiger partial charge in [0.25, 0.3) is 11.8 Å². The van der Waals surface area contributed by atoms with E-state index >= 15 is 0 Å². The third-order valence-electron chi connectivity index (χ3n) is 0.702. The van der Waals surface area contributed by atoms with E-state index < -0.39 is 24.1 Å². The van der Waals surface area contributed by atoms with E-state index in [1.54, 1.807) is 0 Å². The molecule has 7 nitrogen and oxygen atoms in total. The lowest BCUT2D eigenvalue weighted by Crippen LogP contribution is -2.23. The minimum absolute atomic E-state index is 0.502. The minimum atomic E-state index is -1.03. The first-order valence-electron chi connectivity index (χ1n) is 2.76. The molecule has 0 radical (unpaired) electrons. The maximum absolute atomic E-state index is 10.3. The summed E-state index contributed by atoms with van der Waals surface area (Å²) in [6, 6.07) is 1.37. The molecule has 0 heterocycles. The summed E-state index contributed by atoms with van der Waals surface area (Å²) < 4.78 is 0. The molecule has 2 amide bonds. The summed E-state index contributed by atoms with van der Waals surface area (Å²) in [5.74, 6) is -1.79. The van der Waals surface area contributed by atoms with Crippen LogP contribution >= 0.6 is 0 Å². The van der Waals surface area contributed by atoms with E-state index in [0.29, 0.717) is 0 Å². The van der Waals surface area contributed by atoms with E-state index in [9.17, 15) is 9.59 Å². The number of rotatable bonds is 4. The Hall–Kier alpha value is -2.10. The average molecular weight is 170 g/mol. The Morgan fingerprint density at radius 1 is 1.50 bits per heavy atom. The highest BCUT2D eigenvalue weighted by Gasteiger charge is 2.05. The highest BCUT2D eigenvalue weighted by Crippen LogP contribution is 1.79. The number of hydrogen-bond donors (Lipinski definition) is 2. The number of primary amides is 2.